The van der Waals surface area contributed by atoms with Gasteiger partial charge >= 0.3 is 0 Å². The van der Waals surface area contributed by atoms with E-state index in [0.29, 0.717) is 0 Å². The lowest BCUT2D eigenvalue weighted by Gasteiger charge is -2.20. The molecule has 2 amide bonds. The standard InChI is InChI=1S/C13H18N2O2/c1-9(2)12(14-10(3)16)13(17)15-11-7-5-4-6-8-11/h4-9,12H,1-3H3,(H,14,16)(H,15,17). The number of para-hydroxylation sites is 1. The minimum Gasteiger partial charge on any atom is -0.344 e. The first-order valence-corrected chi connectivity index (χ1v) is 5.63. The SMILES string of the molecule is CC(=O)NC(C(=O)Nc1ccccc1)C(C)C. The summed E-state index contributed by atoms with van der Waals surface area (Å²) in [5, 5.41) is 5.42. The molecule has 17 heavy (non-hydrogen) atoms. The topological polar surface area (TPSA) is 58.2 Å². The van der Waals surface area contributed by atoms with Gasteiger partial charge in [-0.25, -0.2) is 0 Å². The minimum absolute atomic E-state index is 0.0441. The number of hydrogen-bond donors (Lipinski definition) is 2. The molecule has 0 heterocycles. The van der Waals surface area contributed by atoms with Gasteiger partial charge in [0.25, 0.3) is 0 Å². The molecule has 1 rings (SSSR count). The lowest BCUT2D eigenvalue weighted by atomic mass is 10.0. The Kier molecular flexibility index (Phi) is 4.69. The first-order chi connectivity index (χ1) is 8.00. The van der Waals surface area contributed by atoms with Crippen LogP contribution in [-0.2, 0) is 9.59 Å². The lowest BCUT2D eigenvalue weighted by Crippen LogP contribution is -2.46. The van der Waals surface area contributed by atoms with Crippen molar-refractivity contribution in [3.05, 3.63) is 30.3 Å². The zero-order valence-electron chi connectivity index (χ0n) is 10.4. The summed E-state index contributed by atoms with van der Waals surface area (Å²) in [5.41, 5.74) is 0.730. The highest BCUT2D eigenvalue weighted by molar-refractivity contribution is 5.97. The van der Waals surface area contributed by atoms with Gasteiger partial charge in [-0.2, -0.15) is 0 Å². The number of benzene rings is 1. The molecule has 92 valence electrons. The summed E-state index contributed by atoms with van der Waals surface area (Å²) >= 11 is 0. The molecule has 0 saturated heterocycles. The van der Waals surface area contributed by atoms with Crippen molar-refractivity contribution >= 4 is 17.5 Å². The number of carbonyl (C=O) groups is 2. The van der Waals surface area contributed by atoms with Crippen molar-refractivity contribution in [3.8, 4) is 0 Å². The predicted molar refractivity (Wildman–Crippen MR) is 67.5 cm³/mol. The van der Waals surface area contributed by atoms with Crippen molar-refractivity contribution in [1.29, 1.82) is 0 Å². The van der Waals surface area contributed by atoms with E-state index in [2.05, 4.69) is 10.6 Å². The van der Waals surface area contributed by atoms with Crippen LogP contribution in [0.3, 0.4) is 0 Å². The second kappa shape index (κ2) is 6.03. The van der Waals surface area contributed by atoms with Crippen LogP contribution in [0.15, 0.2) is 30.3 Å². The molecule has 4 nitrogen and oxygen atoms in total. The predicted octanol–water partition coefficient (Wildman–Crippen LogP) is 1.79. The molecule has 4 heteroatoms. The summed E-state index contributed by atoms with van der Waals surface area (Å²) in [5.74, 6) is -0.351. The largest absolute Gasteiger partial charge is 0.344 e. The van der Waals surface area contributed by atoms with Crippen LogP contribution in [0.2, 0.25) is 0 Å². The van der Waals surface area contributed by atoms with E-state index in [0.717, 1.165) is 5.69 Å². The van der Waals surface area contributed by atoms with E-state index in [-0.39, 0.29) is 17.7 Å². The van der Waals surface area contributed by atoms with E-state index in [1.807, 2.05) is 44.2 Å². The molecule has 1 aromatic rings. The number of nitrogens with one attached hydrogen (secondary N) is 2. The second-order valence-electron chi connectivity index (χ2n) is 4.28. The van der Waals surface area contributed by atoms with Crippen LogP contribution in [-0.4, -0.2) is 17.9 Å². The van der Waals surface area contributed by atoms with Crippen LogP contribution in [0.5, 0.6) is 0 Å². The maximum absolute atomic E-state index is 12.0. The van der Waals surface area contributed by atoms with Crippen molar-refractivity contribution in [3.63, 3.8) is 0 Å². The maximum Gasteiger partial charge on any atom is 0.247 e. The number of carbonyl (C=O) groups excluding carboxylic acids is 2. The Bertz CT molecular complexity index is 388. The highest BCUT2D eigenvalue weighted by Crippen LogP contribution is 2.09. The van der Waals surface area contributed by atoms with Gasteiger partial charge < -0.3 is 10.6 Å². The number of hydrogen-bond acceptors (Lipinski definition) is 2. The van der Waals surface area contributed by atoms with Crippen molar-refractivity contribution in [1.82, 2.24) is 5.32 Å². The summed E-state index contributed by atoms with van der Waals surface area (Å²) in [7, 11) is 0. The molecule has 0 radical (unpaired) electrons. The van der Waals surface area contributed by atoms with E-state index < -0.39 is 6.04 Å². The highest BCUT2D eigenvalue weighted by Gasteiger charge is 2.22. The Morgan fingerprint density at radius 3 is 2.18 bits per heavy atom. The third-order valence-electron chi connectivity index (χ3n) is 2.35. The van der Waals surface area contributed by atoms with Crippen molar-refractivity contribution in [2.24, 2.45) is 5.92 Å². The molecule has 1 unspecified atom stereocenters. The van der Waals surface area contributed by atoms with Crippen LogP contribution in [0.1, 0.15) is 20.8 Å². The lowest BCUT2D eigenvalue weighted by molar-refractivity contribution is -0.126. The molecule has 0 fully saturated rings. The van der Waals surface area contributed by atoms with E-state index in [1.54, 1.807) is 0 Å². The van der Waals surface area contributed by atoms with Gasteiger partial charge in [-0.15, -0.1) is 0 Å². The Hall–Kier alpha value is -1.84. The minimum atomic E-state index is -0.507. The molecule has 0 bridgehead atoms. The van der Waals surface area contributed by atoms with Crippen LogP contribution in [0.25, 0.3) is 0 Å². The molecule has 2 N–H and O–H groups in total. The summed E-state index contributed by atoms with van der Waals surface area (Å²) in [6, 6.07) is 8.68. The molecular weight excluding hydrogens is 216 g/mol. The summed E-state index contributed by atoms with van der Waals surface area (Å²) in [4.78, 5) is 23.0. The fraction of sp³-hybridized carbons (Fsp3) is 0.385. The second-order valence-corrected chi connectivity index (χ2v) is 4.28. The monoisotopic (exact) mass is 234 g/mol. The molecule has 1 aromatic carbocycles. The number of amides is 2. The Morgan fingerprint density at radius 1 is 1.12 bits per heavy atom. The molecule has 1 atom stereocenters. The molecule has 0 aliphatic heterocycles. The van der Waals surface area contributed by atoms with Crippen LogP contribution in [0.4, 0.5) is 5.69 Å². The fourth-order valence-electron chi connectivity index (χ4n) is 1.50. The first kappa shape index (κ1) is 13.2. The highest BCUT2D eigenvalue weighted by atomic mass is 16.2. The smallest absolute Gasteiger partial charge is 0.247 e. The fourth-order valence-corrected chi connectivity index (χ4v) is 1.50. The van der Waals surface area contributed by atoms with E-state index >= 15 is 0 Å². The molecule has 0 spiro atoms. The Morgan fingerprint density at radius 2 is 1.71 bits per heavy atom. The van der Waals surface area contributed by atoms with Crippen LogP contribution >= 0.6 is 0 Å². The molecule has 0 saturated carbocycles. The van der Waals surface area contributed by atoms with Crippen LogP contribution < -0.4 is 10.6 Å². The third-order valence-corrected chi connectivity index (χ3v) is 2.35. The molecule has 0 aliphatic carbocycles. The van der Waals surface area contributed by atoms with Gasteiger partial charge in [0.05, 0.1) is 0 Å². The molecule has 0 aliphatic rings. The average molecular weight is 234 g/mol. The van der Waals surface area contributed by atoms with Gasteiger partial charge in [-0.05, 0) is 18.1 Å². The number of anilines is 1. The third kappa shape index (κ3) is 4.26. The van der Waals surface area contributed by atoms with E-state index in [9.17, 15) is 9.59 Å². The van der Waals surface area contributed by atoms with Gasteiger partial charge in [-0.1, -0.05) is 32.0 Å². The summed E-state index contributed by atoms with van der Waals surface area (Å²) in [6.07, 6.45) is 0. The Labute approximate surface area is 101 Å². The zero-order valence-corrected chi connectivity index (χ0v) is 10.4. The molecule has 0 aromatic heterocycles. The maximum atomic E-state index is 12.0. The van der Waals surface area contributed by atoms with Crippen molar-refractivity contribution in [2.75, 3.05) is 5.32 Å². The van der Waals surface area contributed by atoms with Gasteiger partial charge in [-0.3, -0.25) is 9.59 Å². The van der Waals surface area contributed by atoms with Gasteiger partial charge in [0.15, 0.2) is 0 Å². The van der Waals surface area contributed by atoms with Crippen molar-refractivity contribution < 1.29 is 9.59 Å². The average Bonchev–Trinajstić information content (AvgIpc) is 2.26. The van der Waals surface area contributed by atoms with Gasteiger partial charge in [0.1, 0.15) is 6.04 Å². The quantitative estimate of drug-likeness (QED) is 0.834. The number of rotatable bonds is 4. The van der Waals surface area contributed by atoms with Crippen molar-refractivity contribution in [2.45, 2.75) is 26.8 Å². The zero-order chi connectivity index (χ0) is 12.8. The van der Waals surface area contributed by atoms with Gasteiger partial charge in [0, 0.05) is 12.6 Å². The summed E-state index contributed by atoms with van der Waals surface area (Å²) < 4.78 is 0. The van der Waals surface area contributed by atoms with Crippen LogP contribution in [0, 0.1) is 5.92 Å². The summed E-state index contributed by atoms with van der Waals surface area (Å²) in [6.45, 7) is 5.20. The van der Waals surface area contributed by atoms with E-state index in [4.69, 9.17) is 0 Å². The molecular formula is C13H18N2O2. The Balaban J connectivity index is 2.69. The van der Waals surface area contributed by atoms with E-state index in [1.165, 1.54) is 6.92 Å². The normalized spacial score (nSPS) is 12.0. The first-order valence-electron chi connectivity index (χ1n) is 5.63. The van der Waals surface area contributed by atoms with Gasteiger partial charge in [0.2, 0.25) is 11.8 Å².